The van der Waals surface area contributed by atoms with Gasteiger partial charge in [-0.15, -0.1) is 5.10 Å². The number of nitrogens with zero attached hydrogens (tertiary/aromatic N) is 5. The Labute approximate surface area is 202 Å². The third-order valence-corrected chi connectivity index (χ3v) is 6.74. The molecule has 5 rings (SSSR count). The maximum absolute atomic E-state index is 12.7. The number of nitrogens with one attached hydrogen (secondary N) is 1. The van der Waals surface area contributed by atoms with E-state index in [1.54, 1.807) is 11.5 Å². The minimum atomic E-state index is -0.298. The molecular weight excluding hydrogens is 440 g/mol. The fourth-order valence-electron chi connectivity index (χ4n) is 4.66. The number of aryl methyl sites for hydroxylation is 2. The molecule has 0 bridgehead atoms. The number of hydrogen-bond donors (Lipinski definition) is 1. The van der Waals surface area contributed by atoms with Crippen LogP contribution in [-0.2, 0) is 11.3 Å². The first-order valence-corrected chi connectivity index (χ1v) is 11.6. The number of hydrogen-bond acceptors (Lipinski definition) is 5. The Morgan fingerprint density at radius 2 is 1.83 bits per heavy atom. The summed E-state index contributed by atoms with van der Waals surface area (Å²) >= 11 is 0. The number of carbonyl (C=O) groups excluding carboxylic acids is 1. The second-order valence-corrected chi connectivity index (χ2v) is 9.67. The monoisotopic (exact) mass is 466 g/mol. The van der Waals surface area contributed by atoms with Gasteiger partial charge in [-0.1, -0.05) is 42.0 Å². The highest BCUT2D eigenvalue weighted by molar-refractivity contribution is 5.90. The van der Waals surface area contributed by atoms with Crippen molar-refractivity contribution >= 4 is 17.4 Å². The highest BCUT2D eigenvalue weighted by Crippen LogP contribution is 2.50. The van der Waals surface area contributed by atoms with Crippen LogP contribution in [0.4, 0.5) is 5.69 Å². The van der Waals surface area contributed by atoms with E-state index in [9.17, 15) is 14.9 Å². The molecule has 2 heterocycles. The highest BCUT2D eigenvalue weighted by Gasteiger charge is 2.41. The highest BCUT2D eigenvalue weighted by atomic mass is 16.2. The van der Waals surface area contributed by atoms with E-state index in [4.69, 9.17) is 0 Å². The predicted molar refractivity (Wildman–Crippen MR) is 133 cm³/mol. The molecule has 1 aliphatic rings. The summed E-state index contributed by atoms with van der Waals surface area (Å²) < 4.78 is 2.92. The maximum atomic E-state index is 12.7. The number of rotatable bonds is 5. The van der Waals surface area contributed by atoms with Gasteiger partial charge in [0.25, 0.3) is 5.56 Å². The zero-order valence-corrected chi connectivity index (χ0v) is 19.9. The normalized spacial score (nSPS) is 19.2. The molecule has 35 heavy (non-hydrogen) atoms. The first-order chi connectivity index (χ1) is 16.7. The van der Waals surface area contributed by atoms with Gasteiger partial charge >= 0.3 is 0 Å². The molecule has 0 atom stereocenters. The van der Waals surface area contributed by atoms with Crippen molar-refractivity contribution in [2.75, 3.05) is 5.32 Å². The molecule has 0 aliphatic heterocycles. The van der Waals surface area contributed by atoms with Crippen LogP contribution < -0.4 is 10.9 Å². The minimum absolute atomic E-state index is 0.0000979. The van der Waals surface area contributed by atoms with Gasteiger partial charge in [-0.05, 0) is 57.2 Å². The number of nitriles is 1. The molecule has 0 saturated heterocycles. The third kappa shape index (κ3) is 4.33. The Hall–Kier alpha value is -4.25. The van der Waals surface area contributed by atoms with E-state index in [2.05, 4.69) is 21.5 Å². The Balaban J connectivity index is 1.41. The van der Waals surface area contributed by atoms with E-state index in [0.29, 0.717) is 28.9 Å². The summed E-state index contributed by atoms with van der Waals surface area (Å²) in [6.07, 6.45) is 1.72. The molecule has 1 amide bonds. The van der Waals surface area contributed by atoms with Crippen molar-refractivity contribution < 1.29 is 4.79 Å². The number of anilines is 1. The van der Waals surface area contributed by atoms with Crippen LogP contribution in [0, 0.1) is 30.6 Å². The summed E-state index contributed by atoms with van der Waals surface area (Å²) in [4.78, 5) is 30.0. The average Bonchev–Trinajstić information content (AvgIpc) is 3.27. The zero-order chi connectivity index (χ0) is 24.7. The summed E-state index contributed by atoms with van der Waals surface area (Å²) in [7, 11) is 0. The number of amides is 1. The van der Waals surface area contributed by atoms with Crippen molar-refractivity contribution in [2.24, 2.45) is 5.41 Å². The van der Waals surface area contributed by atoms with Gasteiger partial charge in [-0.25, -0.2) is 0 Å². The van der Waals surface area contributed by atoms with Crippen LogP contribution in [0.1, 0.15) is 42.5 Å². The Morgan fingerprint density at radius 1 is 1.14 bits per heavy atom. The molecule has 0 spiro atoms. The first kappa shape index (κ1) is 22.5. The SMILES string of the molecule is Cc1ccc(NC(=O)Cn2c(C)cc(=O)n3nc(-c4ccc(C5CC(C)(C#N)C5)cc4)nc23)cc1. The summed E-state index contributed by atoms with van der Waals surface area (Å²) in [5.41, 5.74) is 3.89. The summed E-state index contributed by atoms with van der Waals surface area (Å²) in [6, 6.07) is 19.4. The van der Waals surface area contributed by atoms with Crippen molar-refractivity contribution in [3.8, 4) is 17.5 Å². The largest absolute Gasteiger partial charge is 0.325 e. The first-order valence-electron chi connectivity index (χ1n) is 11.6. The van der Waals surface area contributed by atoms with Crippen LogP contribution in [0.15, 0.2) is 59.4 Å². The second-order valence-electron chi connectivity index (χ2n) is 9.67. The van der Waals surface area contributed by atoms with E-state index in [1.807, 2.05) is 62.4 Å². The third-order valence-electron chi connectivity index (χ3n) is 6.74. The summed E-state index contributed by atoms with van der Waals surface area (Å²) in [6.45, 7) is 5.76. The van der Waals surface area contributed by atoms with Gasteiger partial charge in [0.05, 0.1) is 11.5 Å². The fraction of sp³-hybridized carbons (Fsp3) is 0.296. The van der Waals surface area contributed by atoms with E-state index in [-0.39, 0.29) is 23.4 Å². The van der Waals surface area contributed by atoms with Gasteiger partial charge in [0.2, 0.25) is 11.7 Å². The van der Waals surface area contributed by atoms with E-state index >= 15 is 0 Å². The van der Waals surface area contributed by atoms with Crippen molar-refractivity contribution in [1.29, 1.82) is 5.26 Å². The molecule has 2 aromatic heterocycles. The molecule has 1 saturated carbocycles. The molecule has 2 aromatic carbocycles. The Kier molecular flexibility index (Phi) is 5.48. The lowest BCUT2D eigenvalue weighted by molar-refractivity contribution is -0.116. The zero-order valence-electron chi connectivity index (χ0n) is 19.9. The van der Waals surface area contributed by atoms with Crippen molar-refractivity contribution in [3.05, 3.63) is 81.8 Å². The molecule has 176 valence electrons. The molecule has 8 heteroatoms. The standard InChI is InChI=1S/C27H26N6O2/c1-17-4-10-22(11-5-17)29-23(34)15-32-18(2)12-24(35)33-26(32)30-25(31-33)20-8-6-19(7-9-20)21-13-27(3,14-21)16-28/h4-12,21H,13-15H2,1-3H3,(H,29,34). The van der Waals surface area contributed by atoms with Gasteiger partial charge in [0, 0.05) is 23.0 Å². The molecule has 1 fully saturated rings. The van der Waals surface area contributed by atoms with Crippen LogP contribution in [0.25, 0.3) is 17.2 Å². The molecule has 1 N–H and O–H groups in total. The molecular formula is C27H26N6O2. The van der Waals surface area contributed by atoms with Gasteiger partial charge in [-0.3, -0.25) is 9.59 Å². The van der Waals surface area contributed by atoms with Gasteiger partial charge in [-0.2, -0.15) is 14.8 Å². The van der Waals surface area contributed by atoms with Crippen LogP contribution in [0.2, 0.25) is 0 Å². The maximum Gasteiger partial charge on any atom is 0.275 e. The Bertz CT molecular complexity index is 1520. The number of aromatic nitrogens is 4. The van der Waals surface area contributed by atoms with Crippen LogP contribution in [0.5, 0.6) is 0 Å². The molecule has 0 radical (unpaired) electrons. The smallest absolute Gasteiger partial charge is 0.275 e. The van der Waals surface area contributed by atoms with Crippen molar-refractivity contribution in [3.63, 3.8) is 0 Å². The van der Waals surface area contributed by atoms with E-state index < -0.39 is 0 Å². The van der Waals surface area contributed by atoms with Gasteiger partial charge in [0.15, 0.2) is 5.82 Å². The van der Waals surface area contributed by atoms with Crippen LogP contribution in [0.3, 0.4) is 0 Å². The summed E-state index contributed by atoms with van der Waals surface area (Å²) in [5.74, 6) is 0.897. The molecule has 4 aromatic rings. The number of carbonyl (C=O) groups is 1. The number of fused-ring (bicyclic) bond motifs is 1. The molecule has 1 aliphatic carbocycles. The lowest BCUT2D eigenvalue weighted by atomic mass is 9.62. The predicted octanol–water partition coefficient (Wildman–Crippen LogP) is 4.22. The lowest BCUT2D eigenvalue weighted by Gasteiger charge is -2.40. The van der Waals surface area contributed by atoms with E-state index in [0.717, 1.165) is 24.0 Å². The topological polar surface area (TPSA) is 105 Å². The quantitative estimate of drug-likeness (QED) is 0.474. The lowest BCUT2D eigenvalue weighted by Crippen LogP contribution is -2.31. The van der Waals surface area contributed by atoms with Gasteiger partial charge < -0.3 is 9.88 Å². The fourth-order valence-corrected chi connectivity index (χ4v) is 4.66. The number of benzene rings is 2. The molecule has 0 unspecified atom stereocenters. The second kappa shape index (κ2) is 8.51. The molecule has 8 nitrogen and oxygen atoms in total. The van der Waals surface area contributed by atoms with Crippen LogP contribution in [-0.4, -0.2) is 25.1 Å². The average molecular weight is 467 g/mol. The van der Waals surface area contributed by atoms with Crippen molar-refractivity contribution in [2.45, 2.75) is 46.1 Å². The van der Waals surface area contributed by atoms with Gasteiger partial charge in [0.1, 0.15) is 6.54 Å². The Morgan fingerprint density at radius 3 is 2.49 bits per heavy atom. The van der Waals surface area contributed by atoms with Crippen molar-refractivity contribution in [1.82, 2.24) is 19.2 Å². The van der Waals surface area contributed by atoms with E-state index in [1.165, 1.54) is 16.1 Å². The minimum Gasteiger partial charge on any atom is -0.325 e. The summed E-state index contributed by atoms with van der Waals surface area (Å²) in [5, 5.41) is 16.6. The van der Waals surface area contributed by atoms with Crippen LogP contribution >= 0.6 is 0 Å².